The van der Waals surface area contributed by atoms with E-state index in [4.69, 9.17) is 9.47 Å². The number of Topliss-reactive ketones (excluding diaryl/α,β-unsaturated/α-hetero) is 1. The van der Waals surface area contributed by atoms with E-state index < -0.39 is 11.8 Å². The zero-order chi connectivity index (χ0) is 13.7. The van der Waals surface area contributed by atoms with Crippen LogP contribution in [0, 0.1) is 0 Å². The summed E-state index contributed by atoms with van der Waals surface area (Å²) in [4.78, 5) is 23.2. The van der Waals surface area contributed by atoms with Crippen molar-refractivity contribution in [3.05, 3.63) is 17.7 Å². The van der Waals surface area contributed by atoms with Crippen molar-refractivity contribution in [2.24, 2.45) is 0 Å². The topological polar surface area (TPSA) is 82.1 Å². The van der Waals surface area contributed by atoms with Crippen LogP contribution in [-0.4, -0.2) is 37.7 Å². The number of ether oxygens (including phenoxy) is 3. The number of carbonyl (C=O) groups excluding carboxylic acids is 2. The van der Waals surface area contributed by atoms with Gasteiger partial charge in [-0.2, -0.15) is 0 Å². The molecule has 0 aromatic heterocycles. The minimum Gasteiger partial charge on any atom is -0.504 e. The highest BCUT2D eigenvalue weighted by Crippen LogP contribution is 2.33. The molecular formula is C12H14O6. The van der Waals surface area contributed by atoms with E-state index in [-0.39, 0.29) is 29.4 Å². The van der Waals surface area contributed by atoms with E-state index in [1.807, 2.05) is 0 Å². The second kappa shape index (κ2) is 5.90. The Labute approximate surface area is 104 Å². The molecular weight excluding hydrogens is 240 g/mol. The molecule has 1 aromatic carbocycles. The van der Waals surface area contributed by atoms with Gasteiger partial charge in [-0.3, -0.25) is 4.79 Å². The summed E-state index contributed by atoms with van der Waals surface area (Å²) in [6.07, 6.45) is 0. The summed E-state index contributed by atoms with van der Waals surface area (Å²) in [6, 6.07) is 2.43. The Balaban J connectivity index is 3.21. The minimum atomic E-state index is -0.983. The molecule has 1 N–H and O–H groups in total. The molecule has 0 aliphatic carbocycles. The lowest BCUT2D eigenvalue weighted by atomic mass is 10.1. The first-order chi connectivity index (χ1) is 8.54. The summed E-state index contributed by atoms with van der Waals surface area (Å²) in [5.74, 6) is -1.87. The third kappa shape index (κ3) is 2.71. The van der Waals surface area contributed by atoms with Gasteiger partial charge in [0.25, 0.3) is 5.78 Å². The summed E-state index contributed by atoms with van der Waals surface area (Å²) in [6.45, 7) is 1.70. The van der Waals surface area contributed by atoms with Gasteiger partial charge < -0.3 is 19.3 Å². The van der Waals surface area contributed by atoms with E-state index in [0.29, 0.717) is 0 Å². The van der Waals surface area contributed by atoms with E-state index in [1.165, 1.54) is 26.4 Å². The number of rotatable bonds is 5. The molecule has 0 aliphatic heterocycles. The zero-order valence-electron chi connectivity index (χ0n) is 10.4. The second-order valence-electron chi connectivity index (χ2n) is 3.27. The Hall–Kier alpha value is -2.24. The van der Waals surface area contributed by atoms with Crippen LogP contribution < -0.4 is 9.47 Å². The molecule has 0 heterocycles. The Morgan fingerprint density at radius 3 is 2.28 bits per heavy atom. The minimum absolute atomic E-state index is 0.0226. The van der Waals surface area contributed by atoms with Crippen LogP contribution in [0.1, 0.15) is 17.3 Å². The lowest BCUT2D eigenvalue weighted by molar-refractivity contribution is -0.137. The van der Waals surface area contributed by atoms with Gasteiger partial charge in [-0.25, -0.2) is 4.79 Å². The number of hydrogen-bond acceptors (Lipinski definition) is 6. The normalized spacial score (nSPS) is 9.72. The van der Waals surface area contributed by atoms with Crippen molar-refractivity contribution in [1.82, 2.24) is 0 Å². The third-order valence-corrected chi connectivity index (χ3v) is 2.21. The molecule has 1 aromatic rings. The van der Waals surface area contributed by atoms with Gasteiger partial charge >= 0.3 is 5.97 Å². The van der Waals surface area contributed by atoms with Gasteiger partial charge in [0.2, 0.25) is 0 Å². The number of methoxy groups -OCH3 is 2. The number of esters is 1. The molecule has 6 heteroatoms. The lowest BCUT2D eigenvalue weighted by Gasteiger charge is -2.10. The largest absolute Gasteiger partial charge is 0.504 e. The number of carbonyl (C=O) groups is 2. The third-order valence-electron chi connectivity index (χ3n) is 2.21. The van der Waals surface area contributed by atoms with Crippen LogP contribution in [0.4, 0.5) is 0 Å². The number of aromatic hydroxyl groups is 1. The van der Waals surface area contributed by atoms with Gasteiger partial charge in [-0.05, 0) is 13.0 Å². The van der Waals surface area contributed by atoms with Gasteiger partial charge in [0.05, 0.1) is 26.4 Å². The van der Waals surface area contributed by atoms with Gasteiger partial charge in [-0.15, -0.1) is 0 Å². The monoisotopic (exact) mass is 254 g/mol. The molecule has 0 fully saturated rings. The maximum atomic E-state index is 11.8. The molecule has 18 heavy (non-hydrogen) atoms. The molecule has 0 unspecified atom stereocenters. The molecule has 0 amide bonds. The molecule has 0 bridgehead atoms. The van der Waals surface area contributed by atoms with E-state index in [1.54, 1.807) is 6.92 Å². The average Bonchev–Trinajstić information content (AvgIpc) is 2.37. The van der Waals surface area contributed by atoms with E-state index in [2.05, 4.69) is 4.74 Å². The highest BCUT2D eigenvalue weighted by atomic mass is 16.5. The van der Waals surface area contributed by atoms with E-state index in [9.17, 15) is 14.7 Å². The summed E-state index contributed by atoms with van der Waals surface area (Å²) in [5, 5.41) is 9.54. The fourth-order valence-corrected chi connectivity index (χ4v) is 1.37. The predicted octanol–water partition coefficient (Wildman–Crippen LogP) is 1.16. The summed E-state index contributed by atoms with van der Waals surface area (Å²) >= 11 is 0. The Morgan fingerprint density at radius 1 is 1.17 bits per heavy atom. The first-order valence-electron chi connectivity index (χ1n) is 5.21. The van der Waals surface area contributed by atoms with Gasteiger partial charge in [0.1, 0.15) is 5.75 Å². The highest BCUT2D eigenvalue weighted by molar-refractivity contribution is 6.41. The predicted molar refractivity (Wildman–Crippen MR) is 62.2 cm³/mol. The van der Waals surface area contributed by atoms with Crippen LogP contribution in [0.2, 0.25) is 0 Å². The van der Waals surface area contributed by atoms with Crippen LogP contribution in [0.5, 0.6) is 17.2 Å². The van der Waals surface area contributed by atoms with Crippen molar-refractivity contribution in [3.8, 4) is 17.2 Å². The van der Waals surface area contributed by atoms with Crippen molar-refractivity contribution < 1.29 is 28.9 Å². The standard InChI is InChI=1S/C12H14O6/c1-4-18-12(15)11(14)7-5-10(17-3)8(13)6-9(7)16-2/h5-6,13H,4H2,1-3H3. The molecule has 0 saturated heterocycles. The highest BCUT2D eigenvalue weighted by Gasteiger charge is 2.23. The van der Waals surface area contributed by atoms with Crippen molar-refractivity contribution in [1.29, 1.82) is 0 Å². The Kier molecular flexibility index (Phi) is 4.53. The van der Waals surface area contributed by atoms with Crippen LogP contribution >= 0.6 is 0 Å². The summed E-state index contributed by atoms with van der Waals surface area (Å²) in [7, 11) is 2.66. The molecule has 6 nitrogen and oxygen atoms in total. The zero-order valence-corrected chi connectivity index (χ0v) is 10.4. The van der Waals surface area contributed by atoms with Crippen LogP contribution in [0.3, 0.4) is 0 Å². The first kappa shape index (κ1) is 13.8. The summed E-state index contributed by atoms with van der Waals surface area (Å²) < 4.78 is 14.4. The first-order valence-corrected chi connectivity index (χ1v) is 5.21. The Bertz CT molecular complexity index is 466. The fourth-order valence-electron chi connectivity index (χ4n) is 1.37. The van der Waals surface area contributed by atoms with Crippen LogP contribution in [0.25, 0.3) is 0 Å². The molecule has 98 valence electrons. The van der Waals surface area contributed by atoms with Gasteiger partial charge in [-0.1, -0.05) is 0 Å². The van der Waals surface area contributed by atoms with Gasteiger partial charge in [0, 0.05) is 6.07 Å². The molecule has 0 aliphatic rings. The smallest absolute Gasteiger partial charge is 0.379 e. The van der Waals surface area contributed by atoms with E-state index in [0.717, 1.165) is 0 Å². The van der Waals surface area contributed by atoms with Crippen molar-refractivity contribution >= 4 is 11.8 Å². The lowest BCUT2D eigenvalue weighted by Crippen LogP contribution is -2.18. The SMILES string of the molecule is CCOC(=O)C(=O)c1cc(OC)c(O)cc1OC. The van der Waals surface area contributed by atoms with Gasteiger partial charge in [0.15, 0.2) is 11.5 Å². The van der Waals surface area contributed by atoms with Crippen molar-refractivity contribution in [2.45, 2.75) is 6.92 Å². The molecule has 0 radical (unpaired) electrons. The van der Waals surface area contributed by atoms with Crippen molar-refractivity contribution in [2.75, 3.05) is 20.8 Å². The molecule has 0 spiro atoms. The van der Waals surface area contributed by atoms with E-state index >= 15 is 0 Å². The molecule has 0 atom stereocenters. The second-order valence-corrected chi connectivity index (χ2v) is 3.27. The van der Waals surface area contributed by atoms with Crippen LogP contribution in [-0.2, 0) is 9.53 Å². The number of benzene rings is 1. The molecule has 0 saturated carbocycles. The fraction of sp³-hybridized carbons (Fsp3) is 0.333. The number of ketones is 1. The maximum Gasteiger partial charge on any atom is 0.379 e. The Morgan fingerprint density at radius 2 is 1.78 bits per heavy atom. The average molecular weight is 254 g/mol. The van der Waals surface area contributed by atoms with Crippen molar-refractivity contribution in [3.63, 3.8) is 0 Å². The quantitative estimate of drug-likeness (QED) is 0.482. The maximum absolute atomic E-state index is 11.8. The number of phenolic OH excluding ortho intramolecular Hbond substituents is 1. The summed E-state index contributed by atoms with van der Waals surface area (Å²) in [5.41, 5.74) is -0.0226. The number of hydrogen-bond donors (Lipinski definition) is 1. The molecule has 1 rings (SSSR count). The van der Waals surface area contributed by atoms with Crippen LogP contribution in [0.15, 0.2) is 12.1 Å². The number of phenols is 1.